The van der Waals surface area contributed by atoms with E-state index in [-0.39, 0.29) is 0 Å². The summed E-state index contributed by atoms with van der Waals surface area (Å²) in [6.45, 7) is 0. The first-order chi connectivity index (χ1) is 22.3. The van der Waals surface area contributed by atoms with E-state index in [1.807, 2.05) is 42.6 Å². The van der Waals surface area contributed by atoms with Gasteiger partial charge in [0.15, 0.2) is 23.1 Å². The summed E-state index contributed by atoms with van der Waals surface area (Å²) in [7, 11) is 0. The van der Waals surface area contributed by atoms with Crippen LogP contribution in [0.3, 0.4) is 0 Å². The Hall–Kier alpha value is -6.20. The van der Waals surface area contributed by atoms with Gasteiger partial charge >= 0.3 is 0 Å². The molecular formula is C40H24N4O. The Morgan fingerprint density at radius 3 is 1.73 bits per heavy atom. The second-order valence-electron chi connectivity index (χ2n) is 11.2. The third-order valence-electron chi connectivity index (χ3n) is 8.38. The maximum Gasteiger partial charge on any atom is 0.166 e. The second kappa shape index (κ2) is 10.2. The van der Waals surface area contributed by atoms with E-state index in [9.17, 15) is 0 Å². The second-order valence-corrected chi connectivity index (χ2v) is 11.2. The molecule has 0 bridgehead atoms. The van der Waals surface area contributed by atoms with Gasteiger partial charge in [0.2, 0.25) is 0 Å². The van der Waals surface area contributed by atoms with Gasteiger partial charge in [0.25, 0.3) is 0 Å². The van der Waals surface area contributed by atoms with Crippen molar-refractivity contribution in [3.8, 4) is 45.3 Å². The Morgan fingerprint density at radius 1 is 0.400 bits per heavy atom. The summed E-state index contributed by atoms with van der Waals surface area (Å²) in [6, 6.07) is 46.0. The normalized spacial score (nSPS) is 11.6. The molecule has 0 amide bonds. The van der Waals surface area contributed by atoms with E-state index in [1.54, 1.807) is 6.20 Å². The smallest absolute Gasteiger partial charge is 0.166 e. The van der Waals surface area contributed by atoms with Gasteiger partial charge in [0.05, 0.1) is 6.20 Å². The quantitative estimate of drug-likeness (QED) is 0.209. The molecule has 5 nitrogen and oxygen atoms in total. The summed E-state index contributed by atoms with van der Waals surface area (Å²) >= 11 is 0. The van der Waals surface area contributed by atoms with Gasteiger partial charge in [0, 0.05) is 33.7 Å². The molecule has 0 unspecified atom stereocenters. The van der Waals surface area contributed by atoms with Crippen LogP contribution in [0.2, 0.25) is 0 Å². The highest BCUT2D eigenvalue weighted by atomic mass is 16.3. The number of aromatic nitrogens is 4. The number of fused-ring (bicyclic) bond motifs is 5. The van der Waals surface area contributed by atoms with Crippen LogP contribution >= 0.6 is 0 Å². The van der Waals surface area contributed by atoms with Crippen LogP contribution in [0.5, 0.6) is 0 Å². The number of benzene rings is 6. The van der Waals surface area contributed by atoms with Gasteiger partial charge < -0.3 is 4.42 Å². The standard InChI is InChI=1S/C40H24N4O/c1-2-9-27(10-3-1)38-42-39(28-17-14-26(15-18-28)32-19-16-25-8-4-5-11-29(25)20-32)44-40(43-38)34-23-41-24-36-37(34)33-21-30-12-6-7-13-31(30)22-35(33)45-36/h1-24H. The Morgan fingerprint density at radius 2 is 0.978 bits per heavy atom. The number of hydrogen-bond donors (Lipinski definition) is 0. The SMILES string of the molecule is c1ccc(-c2nc(-c3ccc(-c4ccc5ccccc5c4)cc3)nc(-c3cncc4oc5cc6ccccc6cc5c34)n2)cc1. The highest BCUT2D eigenvalue weighted by Crippen LogP contribution is 2.38. The number of nitrogens with zero attached hydrogens (tertiary/aromatic N) is 4. The molecule has 0 saturated carbocycles. The molecule has 0 radical (unpaired) electrons. The lowest BCUT2D eigenvalue weighted by Crippen LogP contribution is -2.00. The fourth-order valence-corrected chi connectivity index (χ4v) is 6.11. The van der Waals surface area contributed by atoms with Crippen LogP contribution in [0.4, 0.5) is 0 Å². The molecule has 0 atom stereocenters. The van der Waals surface area contributed by atoms with Crippen LogP contribution in [-0.2, 0) is 0 Å². The third-order valence-corrected chi connectivity index (χ3v) is 8.38. The maximum absolute atomic E-state index is 6.30. The monoisotopic (exact) mass is 576 g/mol. The topological polar surface area (TPSA) is 64.7 Å². The summed E-state index contributed by atoms with van der Waals surface area (Å²) in [5, 5.41) is 6.66. The van der Waals surface area contributed by atoms with Crippen molar-refractivity contribution >= 4 is 43.5 Å². The predicted molar refractivity (Wildman–Crippen MR) is 182 cm³/mol. The molecular weight excluding hydrogens is 552 g/mol. The van der Waals surface area contributed by atoms with Crippen LogP contribution in [0.15, 0.2) is 150 Å². The number of hydrogen-bond acceptors (Lipinski definition) is 5. The van der Waals surface area contributed by atoms with Gasteiger partial charge in [-0.3, -0.25) is 4.98 Å². The van der Waals surface area contributed by atoms with Crippen LogP contribution in [0.25, 0.3) is 88.8 Å². The molecule has 210 valence electrons. The van der Waals surface area contributed by atoms with Crippen molar-refractivity contribution in [3.05, 3.63) is 146 Å². The van der Waals surface area contributed by atoms with Crippen molar-refractivity contribution < 1.29 is 4.42 Å². The molecule has 0 aliphatic heterocycles. The highest BCUT2D eigenvalue weighted by Gasteiger charge is 2.19. The van der Waals surface area contributed by atoms with Crippen molar-refractivity contribution in [1.29, 1.82) is 0 Å². The Kier molecular flexibility index (Phi) is 5.74. The highest BCUT2D eigenvalue weighted by molar-refractivity contribution is 6.14. The molecule has 0 spiro atoms. The molecule has 45 heavy (non-hydrogen) atoms. The van der Waals surface area contributed by atoms with E-state index in [1.165, 1.54) is 16.3 Å². The molecule has 0 aliphatic rings. The van der Waals surface area contributed by atoms with E-state index in [2.05, 4.69) is 102 Å². The van der Waals surface area contributed by atoms with Gasteiger partial charge in [-0.1, -0.05) is 115 Å². The van der Waals surface area contributed by atoms with Crippen molar-refractivity contribution in [3.63, 3.8) is 0 Å². The number of pyridine rings is 1. The van der Waals surface area contributed by atoms with Crippen LogP contribution in [-0.4, -0.2) is 19.9 Å². The zero-order valence-corrected chi connectivity index (χ0v) is 24.1. The molecule has 0 N–H and O–H groups in total. The lowest BCUT2D eigenvalue weighted by molar-refractivity contribution is 0.667. The first-order valence-electron chi connectivity index (χ1n) is 14.9. The van der Waals surface area contributed by atoms with Crippen molar-refractivity contribution in [1.82, 2.24) is 19.9 Å². The first kappa shape index (κ1) is 25.3. The van der Waals surface area contributed by atoms with Crippen LogP contribution in [0.1, 0.15) is 0 Å². The van der Waals surface area contributed by atoms with E-state index in [0.717, 1.165) is 49.4 Å². The van der Waals surface area contributed by atoms with E-state index in [0.29, 0.717) is 23.1 Å². The van der Waals surface area contributed by atoms with Crippen molar-refractivity contribution in [2.24, 2.45) is 0 Å². The molecule has 5 heteroatoms. The average Bonchev–Trinajstić information content (AvgIpc) is 3.48. The van der Waals surface area contributed by atoms with Gasteiger partial charge in [-0.2, -0.15) is 0 Å². The van der Waals surface area contributed by atoms with Gasteiger partial charge in [-0.15, -0.1) is 0 Å². The minimum Gasteiger partial charge on any atom is -0.454 e. The molecule has 9 aromatic rings. The average molecular weight is 577 g/mol. The van der Waals surface area contributed by atoms with Crippen molar-refractivity contribution in [2.45, 2.75) is 0 Å². The molecule has 6 aromatic carbocycles. The summed E-state index contributed by atoms with van der Waals surface area (Å²) in [4.78, 5) is 19.5. The van der Waals surface area contributed by atoms with Crippen molar-refractivity contribution in [2.75, 3.05) is 0 Å². The zero-order chi connectivity index (χ0) is 29.7. The third kappa shape index (κ3) is 4.41. The summed E-state index contributed by atoms with van der Waals surface area (Å²) in [5.41, 5.74) is 6.42. The predicted octanol–water partition coefficient (Wildman–Crippen LogP) is 10.1. The van der Waals surface area contributed by atoms with E-state index >= 15 is 0 Å². The fraction of sp³-hybridized carbons (Fsp3) is 0. The molecule has 0 fully saturated rings. The number of furan rings is 1. The summed E-state index contributed by atoms with van der Waals surface area (Å²) in [6.07, 6.45) is 3.58. The Balaban J connectivity index is 1.21. The first-order valence-corrected chi connectivity index (χ1v) is 14.9. The van der Waals surface area contributed by atoms with Gasteiger partial charge in [-0.05, 0) is 50.9 Å². The van der Waals surface area contributed by atoms with E-state index in [4.69, 9.17) is 19.4 Å². The summed E-state index contributed by atoms with van der Waals surface area (Å²) < 4.78 is 6.30. The minimum atomic E-state index is 0.548. The molecule has 3 heterocycles. The molecule has 9 rings (SSSR count). The Labute approximate surface area is 258 Å². The van der Waals surface area contributed by atoms with E-state index < -0.39 is 0 Å². The number of rotatable bonds is 4. The zero-order valence-electron chi connectivity index (χ0n) is 24.1. The largest absolute Gasteiger partial charge is 0.454 e. The molecule has 0 aliphatic carbocycles. The minimum absolute atomic E-state index is 0.548. The summed E-state index contributed by atoms with van der Waals surface area (Å²) in [5.74, 6) is 1.75. The fourth-order valence-electron chi connectivity index (χ4n) is 6.11. The van der Waals surface area contributed by atoms with Crippen LogP contribution < -0.4 is 0 Å². The Bertz CT molecular complexity index is 2540. The lowest BCUT2D eigenvalue weighted by Gasteiger charge is -2.10. The molecule has 0 saturated heterocycles. The van der Waals surface area contributed by atoms with Gasteiger partial charge in [-0.25, -0.2) is 15.0 Å². The van der Waals surface area contributed by atoms with Gasteiger partial charge in [0.1, 0.15) is 5.58 Å². The van der Waals surface area contributed by atoms with Crippen LogP contribution in [0, 0.1) is 0 Å². The molecule has 3 aromatic heterocycles. The lowest BCUT2D eigenvalue weighted by atomic mass is 10.00. The maximum atomic E-state index is 6.30.